The summed E-state index contributed by atoms with van der Waals surface area (Å²) in [5.74, 6) is -0.537. The number of nitrogens with one attached hydrogen (secondary N) is 2. The van der Waals surface area contributed by atoms with Gasteiger partial charge in [0.05, 0.1) is 0 Å². The molecule has 1 heterocycles. The van der Waals surface area contributed by atoms with Crippen molar-refractivity contribution < 1.29 is 9.59 Å². The molecule has 1 aliphatic rings. The third kappa shape index (κ3) is 5.13. The first-order chi connectivity index (χ1) is 14.0. The second-order valence-electron chi connectivity index (χ2n) is 7.49. The van der Waals surface area contributed by atoms with E-state index < -0.39 is 0 Å². The number of anilines is 2. The van der Waals surface area contributed by atoms with Crippen LogP contribution in [-0.2, 0) is 0 Å². The Morgan fingerprint density at radius 1 is 1.03 bits per heavy atom. The van der Waals surface area contributed by atoms with E-state index >= 15 is 0 Å². The van der Waals surface area contributed by atoms with E-state index in [0.717, 1.165) is 55.7 Å². The van der Waals surface area contributed by atoms with Gasteiger partial charge >= 0.3 is 0 Å². The van der Waals surface area contributed by atoms with Crippen LogP contribution in [0, 0.1) is 6.92 Å². The molecule has 154 valence electrons. The van der Waals surface area contributed by atoms with E-state index in [0.29, 0.717) is 0 Å². The molecule has 2 N–H and O–H groups in total. The lowest BCUT2D eigenvalue weighted by Gasteiger charge is -2.22. The number of carbonyl (C=O) groups is 2. The highest BCUT2D eigenvalue weighted by molar-refractivity contribution is 6.04. The zero-order valence-corrected chi connectivity index (χ0v) is 17.5. The van der Waals surface area contributed by atoms with Gasteiger partial charge in [0.15, 0.2) is 0 Å². The third-order valence-corrected chi connectivity index (χ3v) is 5.49. The maximum atomic E-state index is 12.7. The minimum absolute atomic E-state index is 0.216. The highest BCUT2D eigenvalue weighted by Gasteiger charge is 2.19. The van der Waals surface area contributed by atoms with Crippen LogP contribution in [0.2, 0.25) is 0 Å². The molecule has 6 nitrogen and oxygen atoms in total. The summed E-state index contributed by atoms with van der Waals surface area (Å²) in [5.41, 5.74) is 3.37. The van der Waals surface area contributed by atoms with Gasteiger partial charge in [0, 0.05) is 30.5 Å². The molecule has 2 aromatic rings. The Balaban J connectivity index is 1.70. The predicted octanol–water partition coefficient (Wildman–Crippen LogP) is 4.16. The topological polar surface area (TPSA) is 74.3 Å². The van der Waals surface area contributed by atoms with E-state index in [-0.39, 0.29) is 29.2 Å². The molecule has 3 rings (SSSR count). The van der Waals surface area contributed by atoms with Gasteiger partial charge in [-0.3, -0.25) is 9.59 Å². The Morgan fingerprint density at radius 2 is 1.69 bits per heavy atom. The van der Waals surface area contributed by atoms with E-state index in [1.807, 2.05) is 19.1 Å². The standard InChI is InChI=1S/C23H30N4O2/c1-4-27(5-2)18-13-14-19(16(3)15-18)26-23(29)21-12-8-11-20(25-21)22(28)24-17-9-6-7-10-17/h8,11-15,17H,4-7,9-10H2,1-3H3,(H,24,28)(H,26,29). The first-order valence-electron chi connectivity index (χ1n) is 10.5. The van der Waals surface area contributed by atoms with Crippen LogP contribution in [0.4, 0.5) is 11.4 Å². The molecule has 0 unspecified atom stereocenters. The van der Waals surface area contributed by atoms with Gasteiger partial charge < -0.3 is 15.5 Å². The van der Waals surface area contributed by atoms with E-state index in [1.165, 1.54) is 0 Å². The van der Waals surface area contributed by atoms with Gasteiger partial charge in [0.1, 0.15) is 11.4 Å². The Bertz CT molecular complexity index is 871. The number of amides is 2. The fraction of sp³-hybridized carbons (Fsp3) is 0.435. The van der Waals surface area contributed by atoms with Crippen molar-refractivity contribution in [1.82, 2.24) is 10.3 Å². The van der Waals surface area contributed by atoms with Crippen LogP contribution in [0.1, 0.15) is 66.1 Å². The minimum Gasteiger partial charge on any atom is -0.372 e. The Morgan fingerprint density at radius 3 is 2.31 bits per heavy atom. The van der Waals surface area contributed by atoms with Crippen molar-refractivity contribution in [2.75, 3.05) is 23.3 Å². The van der Waals surface area contributed by atoms with Gasteiger partial charge in [-0.25, -0.2) is 4.98 Å². The third-order valence-electron chi connectivity index (χ3n) is 5.49. The molecule has 1 aromatic heterocycles. The van der Waals surface area contributed by atoms with Crippen LogP contribution in [0.25, 0.3) is 0 Å². The number of hydrogen-bond donors (Lipinski definition) is 2. The van der Waals surface area contributed by atoms with Crippen molar-refractivity contribution in [2.45, 2.75) is 52.5 Å². The predicted molar refractivity (Wildman–Crippen MR) is 117 cm³/mol. The molecule has 6 heteroatoms. The number of rotatable bonds is 7. The fourth-order valence-electron chi connectivity index (χ4n) is 3.78. The molecule has 2 amide bonds. The molecular weight excluding hydrogens is 364 g/mol. The SMILES string of the molecule is CCN(CC)c1ccc(NC(=O)c2cccc(C(=O)NC3CCCC3)n2)c(C)c1. The summed E-state index contributed by atoms with van der Waals surface area (Å²) < 4.78 is 0. The van der Waals surface area contributed by atoms with Crippen LogP contribution in [0.15, 0.2) is 36.4 Å². The summed E-state index contributed by atoms with van der Waals surface area (Å²) in [6.07, 6.45) is 4.31. The number of pyridine rings is 1. The van der Waals surface area contributed by atoms with Crippen molar-refractivity contribution in [2.24, 2.45) is 0 Å². The quantitative estimate of drug-likeness (QED) is 0.739. The number of aryl methyl sites for hydroxylation is 1. The van der Waals surface area contributed by atoms with Gasteiger partial charge in [-0.15, -0.1) is 0 Å². The average molecular weight is 395 g/mol. The lowest BCUT2D eigenvalue weighted by atomic mass is 10.1. The Labute approximate surface area is 172 Å². The van der Waals surface area contributed by atoms with Crippen LogP contribution in [-0.4, -0.2) is 35.9 Å². The molecule has 0 radical (unpaired) electrons. The molecule has 0 aliphatic heterocycles. The van der Waals surface area contributed by atoms with Gasteiger partial charge in [0.25, 0.3) is 11.8 Å². The molecule has 0 atom stereocenters. The molecular formula is C23H30N4O2. The monoisotopic (exact) mass is 394 g/mol. The van der Waals surface area contributed by atoms with Crippen molar-refractivity contribution in [3.05, 3.63) is 53.3 Å². The number of hydrogen-bond acceptors (Lipinski definition) is 4. The molecule has 0 saturated heterocycles. The van der Waals surface area contributed by atoms with Crippen LogP contribution in [0.3, 0.4) is 0 Å². The first-order valence-corrected chi connectivity index (χ1v) is 10.5. The summed E-state index contributed by atoms with van der Waals surface area (Å²) in [6.45, 7) is 8.08. The second kappa shape index (κ2) is 9.54. The van der Waals surface area contributed by atoms with Gasteiger partial charge in [0.2, 0.25) is 0 Å². The highest BCUT2D eigenvalue weighted by atomic mass is 16.2. The smallest absolute Gasteiger partial charge is 0.274 e. The molecule has 1 fully saturated rings. The van der Waals surface area contributed by atoms with Crippen molar-refractivity contribution in [3.8, 4) is 0 Å². The van der Waals surface area contributed by atoms with E-state index in [2.05, 4.69) is 40.4 Å². The zero-order valence-electron chi connectivity index (χ0n) is 17.5. The first kappa shape index (κ1) is 20.8. The second-order valence-corrected chi connectivity index (χ2v) is 7.49. The lowest BCUT2D eigenvalue weighted by Crippen LogP contribution is -2.33. The number of aromatic nitrogens is 1. The zero-order chi connectivity index (χ0) is 20.8. The van der Waals surface area contributed by atoms with Gasteiger partial charge in [-0.1, -0.05) is 18.9 Å². The summed E-state index contributed by atoms with van der Waals surface area (Å²) in [6, 6.07) is 11.2. The van der Waals surface area contributed by atoms with E-state index in [1.54, 1.807) is 18.2 Å². The van der Waals surface area contributed by atoms with Gasteiger partial charge in [-0.05, 0) is 69.5 Å². The summed E-state index contributed by atoms with van der Waals surface area (Å²) in [7, 11) is 0. The normalized spacial score (nSPS) is 13.9. The number of nitrogens with zero attached hydrogens (tertiary/aromatic N) is 2. The molecule has 0 bridgehead atoms. The molecule has 1 aromatic carbocycles. The fourth-order valence-corrected chi connectivity index (χ4v) is 3.78. The van der Waals surface area contributed by atoms with Crippen LogP contribution >= 0.6 is 0 Å². The van der Waals surface area contributed by atoms with Crippen LogP contribution in [0.5, 0.6) is 0 Å². The maximum Gasteiger partial charge on any atom is 0.274 e. The average Bonchev–Trinajstić information content (AvgIpc) is 3.24. The van der Waals surface area contributed by atoms with Crippen molar-refractivity contribution in [3.63, 3.8) is 0 Å². The van der Waals surface area contributed by atoms with Crippen molar-refractivity contribution in [1.29, 1.82) is 0 Å². The number of carbonyl (C=O) groups excluding carboxylic acids is 2. The molecule has 1 aliphatic carbocycles. The molecule has 1 saturated carbocycles. The van der Waals surface area contributed by atoms with Crippen LogP contribution < -0.4 is 15.5 Å². The summed E-state index contributed by atoms with van der Waals surface area (Å²) in [5, 5.41) is 5.93. The summed E-state index contributed by atoms with van der Waals surface area (Å²) >= 11 is 0. The van der Waals surface area contributed by atoms with Crippen molar-refractivity contribution >= 4 is 23.2 Å². The molecule has 0 spiro atoms. The van der Waals surface area contributed by atoms with E-state index in [4.69, 9.17) is 0 Å². The maximum absolute atomic E-state index is 12.7. The Kier molecular flexibility index (Phi) is 6.86. The summed E-state index contributed by atoms with van der Waals surface area (Å²) in [4.78, 5) is 31.7. The molecule has 29 heavy (non-hydrogen) atoms. The van der Waals surface area contributed by atoms with E-state index in [9.17, 15) is 9.59 Å². The lowest BCUT2D eigenvalue weighted by molar-refractivity contribution is 0.0932. The highest BCUT2D eigenvalue weighted by Crippen LogP contribution is 2.23. The van der Waals surface area contributed by atoms with Gasteiger partial charge in [-0.2, -0.15) is 0 Å². The largest absolute Gasteiger partial charge is 0.372 e. The Hall–Kier alpha value is -2.89. The number of benzene rings is 1. The minimum atomic E-state index is -0.320.